The smallest absolute Gasteiger partial charge is 0.319 e. The molecule has 0 aliphatic rings. The summed E-state index contributed by atoms with van der Waals surface area (Å²) in [6, 6.07) is 12.2. The number of benzene rings is 2. The average molecular weight is 355 g/mol. The summed E-state index contributed by atoms with van der Waals surface area (Å²) in [6.45, 7) is 0.408. The molecule has 0 spiro atoms. The summed E-state index contributed by atoms with van der Waals surface area (Å²) in [4.78, 5) is 11.5. The van der Waals surface area contributed by atoms with Crippen molar-refractivity contribution in [2.45, 2.75) is 11.3 Å². The molecule has 0 aromatic heterocycles. The van der Waals surface area contributed by atoms with Crippen LogP contribution in [0.2, 0.25) is 5.02 Å². The SMILES string of the molecule is O=C(NCCc1ccc(Cl)cc1)Nc1cccc(S(=O)(=O)O)c1. The molecular formula is C15H15ClN2O4S. The van der Waals surface area contributed by atoms with Gasteiger partial charge in [-0.3, -0.25) is 4.55 Å². The Kier molecular flexibility index (Phi) is 5.59. The van der Waals surface area contributed by atoms with E-state index >= 15 is 0 Å². The number of amides is 2. The highest BCUT2D eigenvalue weighted by Gasteiger charge is 2.10. The zero-order valence-electron chi connectivity index (χ0n) is 12.0. The Morgan fingerprint density at radius 1 is 1.13 bits per heavy atom. The summed E-state index contributed by atoms with van der Waals surface area (Å²) in [5, 5.41) is 5.81. The molecule has 2 rings (SSSR count). The minimum Gasteiger partial charge on any atom is -0.338 e. The molecule has 2 aromatic carbocycles. The molecule has 0 aliphatic heterocycles. The Morgan fingerprint density at radius 2 is 1.83 bits per heavy atom. The van der Waals surface area contributed by atoms with E-state index in [1.165, 1.54) is 24.3 Å². The van der Waals surface area contributed by atoms with Crippen molar-refractivity contribution in [3.63, 3.8) is 0 Å². The number of carbonyl (C=O) groups excluding carboxylic acids is 1. The van der Waals surface area contributed by atoms with Crippen LogP contribution in [0.1, 0.15) is 5.56 Å². The van der Waals surface area contributed by atoms with Crippen LogP contribution in [0.5, 0.6) is 0 Å². The number of urea groups is 1. The van der Waals surface area contributed by atoms with E-state index < -0.39 is 16.1 Å². The number of anilines is 1. The summed E-state index contributed by atoms with van der Waals surface area (Å²) < 4.78 is 31.1. The fourth-order valence-corrected chi connectivity index (χ4v) is 2.53. The molecule has 0 bridgehead atoms. The van der Waals surface area contributed by atoms with Crippen LogP contribution in [0.3, 0.4) is 0 Å². The molecule has 0 saturated carbocycles. The Balaban J connectivity index is 1.86. The first-order chi connectivity index (χ1) is 10.8. The highest BCUT2D eigenvalue weighted by atomic mass is 35.5. The van der Waals surface area contributed by atoms with Crippen molar-refractivity contribution in [3.05, 3.63) is 59.1 Å². The summed E-state index contributed by atoms with van der Waals surface area (Å²) in [6.07, 6.45) is 0.635. The van der Waals surface area contributed by atoms with Crippen LogP contribution in [0.4, 0.5) is 10.5 Å². The van der Waals surface area contributed by atoms with Gasteiger partial charge in [-0.15, -0.1) is 0 Å². The lowest BCUT2D eigenvalue weighted by Crippen LogP contribution is -2.30. The zero-order valence-corrected chi connectivity index (χ0v) is 13.6. The maximum atomic E-state index is 11.8. The molecular weight excluding hydrogens is 340 g/mol. The lowest BCUT2D eigenvalue weighted by atomic mass is 10.1. The first kappa shape index (κ1) is 17.3. The molecule has 122 valence electrons. The lowest BCUT2D eigenvalue weighted by Gasteiger charge is -2.08. The predicted octanol–water partition coefficient (Wildman–Crippen LogP) is 2.95. The third kappa shape index (κ3) is 5.55. The number of carbonyl (C=O) groups is 1. The third-order valence-corrected chi connectivity index (χ3v) is 4.10. The molecule has 0 heterocycles. The number of hydrogen-bond donors (Lipinski definition) is 3. The molecule has 3 N–H and O–H groups in total. The van der Waals surface area contributed by atoms with Crippen LogP contribution in [0, 0.1) is 0 Å². The fraction of sp³-hybridized carbons (Fsp3) is 0.133. The largest absolute Gasteiger partial charge is 0.338 e. The van der Waals surface area contributed by atoms with E-state index in [0.29, 0.717) is 18.0 Å². The number of rotatable bonds is 5. The standard InChI is InChI=1S/C15H15ClN2O4S/c16-12-6-4-11(5-7-12)8-9-17-15(19)18-13-2-1-3-14(10-13)23(20,21)22/h1-7,10H,8-9H2,(H2,17,18,19)(H,20,21,22). The van der Waals surface area contributed by atoms with Gasteiger partial charge in [-0.25, -0.2) is 4.79 Å². The van der Waals surface area contributed by atoms with Crippen molar-refractivity contribution < 1.29 is 17.8 Å². The monoisotopic (exact) mass is 354 g/mol. The molecule has 2 aromatic rings. The van der Waals surface area contributed by atoms with E-state index in [1.54, 1.807) is 12.1 Å². The molecule has 0 fully saturated rings. The summed E-state index contributed by atoms with van der Waals surface area (Å²) in [7, 11) is -4.30. The van der Waals surface area contributed by atoms with Gasteiger partial charge in [0.05, 0.1) is 4.90 Å². The van der Waals surface area contributed by atoms with Gasteiger partial charge < -0.3 is 10.6 Å². The minimum absolute atomic E-state index is 0.268. The van der Waals surface area contributed by atoms with E-state index in [2.05, 4.69) is 10.6 Å². The van der Waals surface area contributed by atoms with Crippen molar-refractivity contribution in [2.75, 3.05) is 11.9 Å². The van der Waals surface area contributed by atoms with E-state index in [0.717, 1.165) is 5.56 Å². The normalized spacial score (nSPS) is 11.0. The Hall–Kier alpha value is -2.09. The van der Waals surface area contributed by atoms with Crippen LogP contribution in [-0.4, -0.2) is 25.5 Å². The first-order valence-electron chi connectivity index (χ1n) is 6.71. The van der Waals surface area contributed by atoms with Gasteiger partial charge >= 0.3 is 6.03 Å². The van der Waals surface area contributed by atoms with Crippen molar-refractivity contribution in [3.8, 4) is 0 Å². The lowest BCUT2D eigenvalue weighted by molar-refractivity contribution is 0.252. The molecule has 0 aliphatic carbocycles. The van der Waals surface area contributed by atoms with Gasteiger partial charge in [0.15, 0.2) is 0 Å². The first-order valence-corrected chi connectivity index (χ1v) is 8.53. The molecule has 8 heteroatoms. The van der Waals surface area contributed by atoms with Crippen LogP contribution in [-0.2, 0) is 16.5 Å². The summed E-state index contributed by atoms with van der Waals surface area (Å²) in [5.74, 6) is 0. The van der Waals surface area contributed by atoms with Crippen LogP contribution in [0.15, 0.2) is 53.4 Å². The van der Waals surface area contributed by atoms with Crippen molar-refractivity contribution >= 4 is 33.4 Å². The molecule has 23 heavy (non-hydrogen) atoms. The van der Waals surface area contributed by atoms with Crippen LogP contribution < -0.4 is 10.6 Å². The van der Waals surface area contributed by atoms with E-state index in [-0.39, 0.29) is 10.6 Å². The predicted molar refractivity (Wildman–Crippen MR) is 88.4 cm³/mol. The number of halogens is 1. The second-order valence-electron chi connectivity index (χ2n) is 4.76. The molecule has 6 nitrogen and oxygen atoms in total. The van der Waals surface area contributed by atoms with Crippen LogP contribution >= 0.6 is 11.6 Å². The summed E-state index contributed by atoms with van der Waals surface area (Å²) in [5.41, 5.74) is 1.30. The van der Waals surface area contributed by atoms with Crippen molar-refractivity contribution in [1.29, 1.82) is 0 Å². The van der Waals surface area contributed by atoms with Gasteiger partial charge in [-0.1, -0.05) is 29.8 Å². The zero-order chi connectivity index (χ0) is 16.9. The van der Waals surface area contributed by atoms with Crippen molar-refractivity contribution in [1.82, 2.24) is 5.32 Å². The average Bonchev–Trinajstić information content (AvgIpc) is 2.49. The van der Waals surface area contributed by atoms with E-state index in [4.69, 9.17) is 16.2 Å². The maximum Gasteiger partial charge on any atom is 0.319 e. The second-order valence-corrected chi connectivity index (χ2v) is 6.62. The van der Waals surface area contributed by atoms with Gasteiger partial charge in [0, 0.05) is 17.3 Å². The third-order valence-electron chi connectivity index (χ3n) is 3.00. The van der Waals surface area contributed by atoms with Gasteiger partial charge in [-0.2, -0.15) is 8.42 Å². The molecule has 2 amide bonds. The van der Waals surface area contributed by atoms with Crippen molar-refractivity contribution in [2.24, 2.45) is 0 Å². The second kappa shape index (κ2) is 7.45. The van der Waals surface area contributed by atoms with Crippen LogP contribution in [0.25, 0.3) is 0 Å². The number of nitrogens with one attached hydrogen (secondary N) is 2. The Labute approximate surface area is 139 Å². The van der Waals surface area contributed by atoms with Gasteiger partial charge in [0.1, 0.15) is 0 Å². The maximum absolute atomic E-state index is 11.8. The minimum atomic E-state index is -4.30. The topological polar surface area (TPSA) is 95.5 Å². The quantitative estimate of drug-likeness (QED) is 0.719. The molecule has 0 atom stereocenters. The number of hydrogen-bond acceptors (Lipinski definition) is 3. The van der Waals surface area contributed by atoms with Gasteiger partial charge in [0.25, 0.3) is 10.1 Å². The Morgan fingerprint density at radius 3 is 2.48 bits per heavy atom. The van der Waals surface area contributed by atoms with Gasteiger partial charge in [0.2, 0.25) is 0 Å². The van der Waals surface area contributed by atoms with E-state index in [9.17, 15) is 13.2 Å². The molecule has 0 unspecified atom stereocenters. The molecule has 0 saturated heterocycles. The Bertz CT molecular complexity index is 791. The fourth-order valence-electron chi connectivity index (χ4n) is 1.88. The van der Waals surface area contributed by atoms with Gasteiger partial charge in [-0.05, 0) is 42.3 Å². The summed E-state index contributed by atoms with van der Waals surface area (Å²) >= 11 is 5.79. The van der Waals surface area contributed by atoms with E-state index in [1.807, 2.05) is 12.1 Å². The molecule has 0 radical (unpaired) electrons. The highest BCUT2D eigenvalue weighted by molar-refractivity contribution is 7.85. The highest BCUT2D eigenvalue weighted by Crippen LogP contribution is 2.15.